The molecule has 0 unspecified atom stereocenters. The number of benzene rings is 11. The molecule has 0 saturated heterocycles. The van der Waals surface area contributed by atoms with Crippen molar-refractivity contribution in [2.24, 2.45) is 0 Å². The highest BCUT2D eigenvalue weighted by Crippen LogP contribution is 2.45. The van der Waals surface area contributed by atoms with Crippen molar-refractivity contribution in [3.63, 3.8) is 0 Å². The second-order valence-electron chi connectivity index (χ2n) is 16.9. The van der Waals surface area contributed by atoms with Gasteiger partial charge in [-0.25, -0.2) is 0 Å². The van der Waals surface area contributed by atoms with E-state index in [-0.39, 0.29) is 0 Å². The minimum absolute atomic E-state index is 0.892. The number of para-hydroxylation sites is 1. The van der Waals surface area contributed by atoms with Crippen LogP contribution in [0, 0.1) is 0 Å². The van der Waals surface area contributed by atoms with Gasteiger partial charge < -0.3 is 9.32 Å². The Labute approximate surface area is 384 Å². The Morgan fingerprint density at radius 1 is 0.258 bits per heavy atom. The Balaban J connectivity index is 1.01. The quantitative estimate of drug-likeness (QED) is 0.144. The van der Waals surface area contributed by atoms with Gasteiger partial charge in [-0.05, 0) is 127 Å². The van der Waals surface area contributed by atoms with Gasteiger partial charge in [-0.3, -0.25) is 0 Å². The van der Waals surface area contributed by atoms with Crippen molar-refractivity contribution in [3.8, 4) is 66.8 Å². The second-order valence-corrected chi connectivity index (χ2v) is 16.9. The van der Waals surface area contributed by atoms with Gasteiger partial charge in [0.25, 0.3) is 0 Å². The molecule has 0 spiro atoms. The molecule has 12 rings (SSSR count). The van der Waals surface area contributed by atoms with Gasteiger partial charge in [-0.2, -0.15) is 0 Å². The second kappa shape index (κ2) is 16.8. The number of fused-ring (bicyclic) bond motifs is 4. The average Bonchev–Trinajstić information content (AvgIpc) is 3.79. The van der Waals surface area contributed by atoms with Crippen LogP contribution in [0.2, 0.25) is 0 Å². The van der Waals surface area contributed by atoms with Gasteiger partial charge in [0.15, 0.2) is 0 Å². The molecule has 0 aliphatic heterocycles. The zero-order chi connectivity index (χ0) is 43.8. The maximum absolute atomic E-state index is 6.31. The van der Waals surface area contributed by atoms with Crippen molar-refractivity contribution in [2.45, 2.75) is 0 Å². The molecule has 0 aliphatic rings. The first-order chi connectivity index (χ1) is 32.7. The first-order valence-electron chi connectivity index (χ1n) is 22.6. The number of rotatable bonds is 9. The monoisotopic (exact) mass is 841 g/mol. The lowest BCUT2D eigenvalue weighted by Gasteiger charge is -2.29. The lowest BCUT2D eigenvalue weighted by molar-refractivity contribution is 0.669. The first-order valence-corrected chi connectivity index (χ1v) is 22.6. The van der Waals surface area contributed by atoms with Crippen molar-refractivity contribution >= 4 is 49.8 Å². The SMILES string of the molecule is c1ccc(-c2ccc(-c3ccc(N(c4ccc(-c5cccc6oc7ccccc7c56)cc4)c4cc(-c5ccc6ccccc6c5)ccc4-c4ccccc4)cc3)cc2-c2ccccc2)cc1. The zero-order valence-electron chi connectivity index (χ0n) is 36.2. The number of hydrogen-bond acceptors (Lipinski definition) is 2. The molecule has 0 radical (unpaired) electrons. The van der Waals surface area contributed by atoms with E-state index < -0.39 is 0 Å². The fourth-order valence-electron chi connectivity index (χ4n) is 9.61. The number of furan rings is 1. The minimum Gasteiger partial charge on any atom is -0.456 e. The molecule has 1 aromatic heterocycles. The zero-order valence-corrected chi connectivity index (χ0v) is 36.2. The molecule has 0 saturated carbocycles. The van der Waals surface area contributed by atoms with E-state index in [4.69, 9.17) is 4.42 Å². The van der Waals surface area contributed by atoms with Gasteiger partial charge in [0.05, 0.1) is 5.69 Å². The highest BCUT2D eigenvalue weighted by molar-refractivity contribution is 6.12. The number of nitrogens with zero attached hydrogens (tertiary/aromatic N) is 1. The lowest BCUT2D eigenvalue weighted by Crippen LogP contribution is -2.11. The summed E-state index contributed by atoms with van der Waals surface area (Å²) in [6.45, 7) is 0. The maximum atomic E-state index is 6.31. The van der Waals surface area contributed by atoms with E-state index in [0.29, 0.717) is 0 Å². The van der Waals surface area contributed by atoms with Crippen molar-refractivity contribution in [1.29, 1.82) is 0 Å². The van der Waals surface area contributed by atoms with E-state index in [1.165, 1.54) is 44.2 Å². The Hall–Kier alpha value is -8.72. The first kappa shape index (κ1) is 38.9. The summed E-state index contributed by atoms with van der Waals surface area (Å²) in [6, 6.07) is 94.0. The van der Waals surface area contributed by atoms with Crippen LogP contribution in [-0.2, 0) is 0 Å². The largest absolute Gasteiger partial charge is 0.456 e. The lowest BCUT2D eigenvalue weighted by atomic mass is 9.91. The Morgan fingerprint density at radius 3 is 1.44 bits per heavy atom. The fourth-order valence-corrected chi connectivity index (χ4v) is 9.61. The van der Waals surface area contributed by atoms with Crippen molar-refractivity contribution < 1.29 is 4.42 Å². The van der Waals surface area contributed by atoms with Crippen molar-refractivity contribution in [3.05, 3.63) is 261 Å². The summed E-state index contributed by atoms with van der Waals surface area (Å²) in [5, 5.41) is 4.71. The summed E-state index contributed by atoms with van der Waals surface area (Å²) >= 11 is 0. The van der Waals surface area contributed by atoms with E-state index in [1.54, 1.807) is 0 Å². The van der Waals surface area contributed by atoms with Crippen LogP contribution in [0.3, 0.4) is 0 Å². The molecule has 2 nitrogen and oxygen atoms in total. The van der Waals surface area contributed by atoms with Crippen LogP contribution in [0.5, 0.6) is 0 Å². The summed E-state index contributed by atoms with van der Waals surface area (Å²) in [5.74, 6) is 0. The van der Waals surface area contributed by atoms with Crippen LogP contribution in [0.25, 0.3) is 99.5 Å². The van der Waals surface area contributed by atoms with Gasteiger partial charge in [0.1, 0.15) is 11.2 Å². The Bertz CT molecular complexity index is 3670. The van der Waals surface area contributed by atoms with Gasteiger partial charge in [0.2, 0.25) is 0 Å². The van der Waals surface area contributed by atoms with Gasteiger partial charge in [-0.1, -0.05) is 206 Å². The van der Waals surface area contributed by atoms with Crippen molar-refractivity contribution in [2.75, 3.05) is 4.90 Å². The topological polar surface area (TPSA) is 16.4 Å². The molecule has 12 aromatic rings. The normalized spacial score (nSPS) is 11.3. The van der Waals surface area contributed by atoms with Crippen LogP contribution in [0.1, 0.15) is 0 Å². The number of anilines is 3. The number of hydrogen-bond donors (Lipinski definition) is 0. The summed E-state index contributed by atoms with van der Waals surface area (Å²) in [4.78, 5) is 2.42. The molecule has 11 aromatic carbocycles. The molecule has 0 fully saturated rings. The molecule has 0 aliphatic carbocycles. The van der Waals surface area contributed by atoms with Gasteiger partial charge >= 0.3 is 0 Å². The van der Waals surface area contributed by atoms with E-state index in [0.717, 1.165) is 72.4 Å². The van der Waals surface area contributed by atoms with Gasteiger partial charge in [0, 0.05) is 27.7 Å². The Morgan fingerprint density at radius 2 is 0.742 bits per heavy atom. The fraction of sp³-hybridized carbons (Fsp3) is 0. The molecule has 66 heavy (non-hydrogen) atoms. The average molecular weight is 842 g/mol. The van der Waals surface area contributed by atoms with Crippen LogP contribution < -0.4 is 4.90 Å². The highest BCUT2D eigenvalue weighted by atomic mass is 16.3. The standard InChI is InChI=1S/C64H43NO/c1-4-16-46(17-5-1)56-39-33-52(42-60(56)48-20-8-3-9-21-48)45-29-35-54(36-30-45)65(55-37-31-49(32-38-55)58-24-14-26-63-64(58)59-23-12-13-25-62(59)66-63)61-43-53(34-40-57(61)47-18-6-2-7-19-47)51-28-27-44-15-10-11-22-50(44)41-51/h1-43H. The molecular weight excluding hydrogens is 799 g/mol. The molecule has 0 N–H and O–H groups in total. The summed E-state index contributed by atoms with van der Waals surface area (Å²) in [6.07, 6.45) is 0. The third-order valence-electron chi connectivity index (χ3n) is 12.9. The molecule has 1 heterocycles. The predicted molar refractivity (Wildman–Crippen MR) is 279 cm³/mol. The van der Waals surface area contributed by atoms with Crippen molar-refractivity contribution in [1.82, 2.24) is 0 Å². The van der Waals surface area contributed by atoms with E-state index in [2.05, 4.69) is 254 Å². The van der Waals surface area contributed by atoms with Crippen LogP contribution in [-0.4, -0.2) is 0 Å². The molecule has 0 amide bonds. The third-order valence-corrected chi connectivity index (χ3v) is 12.9. The minimum atomic E-state index is 0.892. The smallest absolute Gasteiger partial charge is 0.136 e. The molecule has 0 atom stereocenters. The molecular formula is C64H43NO. The van der Waals surface area contributed by atoms with E-state index in [1.807, 2.05) is 12.1 Å². The maximum Gasteiger partial charge on any atom is 0.136 e. The Kier molecular flexibility index (Phi) is 9.89. The molecule has 2 heteroatoms. The van der Waals surface area contributed by atoms with Crippen LogP contribution in [0.4, 0.5) is 17.1 Å². The van der Waals surface area contributed by atoms with Crippen LogP contribution in [0.15, 0.2) is 265 Å². The molecule has 0 bridgehead atoms. The summed E-state index contributed by atoms with van der Waals surface area (Å²) in [7, 11) is 0. The summed E-state index contributed by atoms with van der Waals surface area (Å²) in [5.41, 5.74) is 19.1. The third kappa shape index (κ3) is 7.21. The van der Waals surface area contributed by atoms with E-state index >= 15 is 0 Å². The van der Waals surface area contributed by atoms with E-state index in [9.17, 15) is 0 Å². The van der Waals surface area contributed by atoms with Crippen LogP contribution >= 0.6 is 0 Å². The molecule has 310 valence electrons. The highest BCUT2D eigenvalue weighted by Gasteiger charge is 2.21. The predicted octanol–water partition coefficient (Wildman–Crippen LogP) is 18.2. The van der Waals surface area contributed by atoms with Gasteiger partial charge in [-0.15, -0.1) is 0 Å². The summed E-state index contributed by atoms with van der Waals surface area (Å²) < 4.78 is 6.31.